The van der Waals surface area contributed by atoms with Gasteiger partial charge in [-0.15, -0.1) is 11.8 Å². The number of benzene rings is 1. The molecule has 15 nitrogen and oxygen atoms in total. The summed E-state index contributed by atoms with van der Waals surface area (Å²) in [7, 11) is 7.57. The van der Waals surface area contributed by atoms with Crippen molar-refractivity contribution in [3.63, 3.8) is 0 Å². The van der Waals surface area contributed by atoms with E-state index < -0.39 is 29.5 Å². The number of aromatic nitrogens is 2. The van der Waals surface area contributed by atoms with Gasteiger partial charge in [-0.2, -0.15) is 0 Å². The molecule has 4 amide bonds. The maximum Gasteiger partial charge on any atom is 0.324 e. The molecule has 3 aromatic rings. The number of aryl methyl sites for hydroxylation is 1. The standard InChI is InChI=1S/C49H69N9O6S/c1-11-57-39-17-16-31-20-35(39)36(44(57)34-14-12-18-50-42(34)30(4)63-10)22-49(5,6)28-64-47(61)37-15-13-19-58(52-37)46(60)38(21-41-54(8)40(31)27-65-41)51-45(59)43(29(2)3)55(9)48(62)56-25-32-23-53(7)24-33(32)26-56/h12,14,16-18,20,27,29-30,32-33,37-38,41,43,52H,11,13,15,19,21-26,28H2,1-10H3,(H,51,59)/t30-,32-,33+,37-,38?,41?,43-/m0/s1. The molecule has 0 aliphatic carbocycles. The van der Waals surface area contributed by atoms with E-state index in [2.05, 4.69) is 82.6 Å². The summed E-state index contributed by atoms with van der Waals surface area (Å²) in [6, 6.07) is 8.04. The van der Waals surface area contributed by atoms with Crippen LogP contribution in [0.5, 0.6) is 0 Å². The number of ether oxygens (including phenoxy) is 2. The van der Waals surface area contributed by atoms with Crippen LogP contribution in [0.25, 0.3) is 27.9 Å². The monoisotopic (exact) mass is 912 g/mol. The van der Waals surface area contributed by atoms with Crippen LogP contribution in [0.15, 0.2) is 41.9 Å². The minimum Gasteiger partial charge on any atom is -0.464 e. The number of urea groups is 1. The Morgan fingerprint density at radius 3 is 2.52 bits per heavy atom. The average Bonchev–Trinajstić information content (AvgIpc) is 4.03. The van der Waals surface area contributed by atoms with Gasteiger partial charge in [-0.1, -0.05) is 33.8 Å². The number of thioether (sulfide) groups is 1. The molecule has 65 heavy (non-hydrogen) atoms. The number of likely N-dealkylation sites (tertiary alicyclic amines) is 2. The summed E-state index contributed by atoms with van der Waals surface area (Å²) in [5, 5.41) is 7.70. The lowest BCUT2D eigenvalue weighted by molar-refractivity contribution is -0.155. The lowest BCUT2D eigenvalue weighted by Crippen LogP contribution is -2.62. The summed E-state index contributed by atoms with van der Waals surface area (Å²) in [5.74, 6) is -0.490. The Morgan fingerprint density at radius 2 is 1.83 bits per heavy atom. The number of hydrogen-bond donors (Lipinski definition) is 2. The zero-order valence-corrected chi connectivity index (χ0v) is 40.7. The molecule has 8 rings (SSSR count). The molecule has 352 valence electrons. The Hall–Kier alpha value is -4.64. The number of carbonyl (C=O) groups excluding carboxylic acids is 4. The third kappa shape index (κ3) is 9.24. The first kappa shape index (κ1) is 46.9. The van der Waals surface area contributed by atoms with Gasteiger partial charge in [0.15, 0.2) is 0 Å². The van der Waals surface area contributed by atoms with E-state index in [9.17, 15) is 19.2 Å². The van der Waals surface area contributed by atoms with E-state index in [1.807, 2.05) is 45.0 Å². The maximum atomic E-state index is 14.8. The van der Waals surface area contributed by atoms with Gasteiger partial charge in [-0.25, -0.2) is 10.2 Å². The second-order valence-corrected chi connectivity index (χ2v) is 21.2. The Kier molecular flexibility index (Phi) is 13.6. The van der Waals surface area contributed by atoms with Crippen LogP contribution in [-0.4, -0.2) is 149 Å². The highest BCUT2D eigenvalue weighted by molar-refractivity contribution is 8.03. The van der Waals surface area contributed by atoms with Crippen molar-refractivity contribution in [1.29, 1.82) is 0 Å². The second kappa shape index (κ2) is 18.9. The Labute approximate surface area is 388 Å². The summed E-state index contributed by atoms with van der Waals surface area (Å²) in [6.45, 7) is 16.8. The number of pyridine rings is 1. The molecule has 0 radical (unpaired) electrons. The van der Waals surface area contributed by atoms with Crippen LogP contribution in [0.2, 0.25) is 0 Å². The van der Waals surface area contributed by atoms with Gasteiger partial charge in [-0.3, -0.25) is 24.4 Å². The van der Waals surface area contributed by atoms with Crippen molar-refractivity contribution < 1.29 is 28.7 Å². The molecular formula is C49H69N9O6S. The molecule has 5 aliphatic heterocycles. The molecule has 16 heteroatoms. The van der Waals surface area contributed by atoms with E-state index in [0.717, 1.165) is 64.3 Å². The van der Waals surface area contributed by atoms with E-state index in [4.69, 9.17) is 14.5 Å². The molecule has 2 N–H and O–H groups in total. The van der Waals surface area contributed by atoms with E-state index in [-0.39, 0.29) is 48.3 Å². The minimum absolute atomic E-state index is 0.160. The number of cyclic esters (lactones) is 1. The first-order valence-corrected chi connectivity index (χ1v) is 24.4. The first-order valence-electron chi connectivity index (χ1n) is 23.5. The first-order chi connectivity index (χ1) is 31.0. The molecule has 1 aromatic carbocycles. The van der Waals surface area contributed by atoms with Gasteiger partial charge in [0.1, 0.15) is 18.1 Å². The van der Waals surface area contributed by atoms with Crippen LogP contribution in [0.1, 0.15) is 83.7 Å². The van der Waals surface area contributed by atoms with E-state index >= 15 is 0 Å². The van der Waals surface area contributed by atoms with Gasteiger partial charge in [0.05, 0.1) is 35.2 Å². The van der Waals surface area contributed by atoms with Crippen molar-refractivity contribution in [2.45, 2.75) is 103 Å². The van der Waals surface area contributed by atoms with E-state index in [0.29, 0.717) is 50.7 Å². The number of likely N-dealkylation sites (N-methyl/N-ethyl adjacent to an activating group) is 1. The summed E-state index contributed by atoms with van der Waals surface area (Å²) < 4.78 is 14.3. The number of nitrogens with one attached hydrogen (secondary N) is 2. The van der Waals surface area contributed by atoms with E-state index in [1.165, 1.54) is 5.01 Å². The SMILES string of the molecule is CCn1c(-c2cccnc2[C@H](C)OC)c2c3cc(ccc31)C1=CSC(CC(NC(=O)[C@H](C(C)C)N(C)C(=O)N3C[C@H]4CN(C)C[C@H]4C3)C(=O)N3CCC[C@H](N3)C(=O)OCC(C)(C)C2)N1C. The molecule has 2 unspecified atom stereocenters. The fraction of sp³-hybridized carbons (Fsp3) is 0.612. The number of carbonyl (C=O) groups is 4. The van der Waals surface area contributed by atoms with Crippen molar-refractivity contribution in [1.82, 2.24) is 44.9 Å². The van der Waals surface area contributed by atoms with Gasteiger partial charge in [0, 0.05) is 95.0 Å². The number of methoxy groups -OCH3 is 1. The molecule has 2 aromatic heterocycles. The zero-order chi connectivity index (χ0) is 46.5. The molecule has 3 fully saturated rings. The quantitative estimate of drug-likeness (QED) is 0.265. The second-order valence-electron chi connectivity index (χ2n) is 20.1. The average molecular weight is 912 g/mol. The highest BCUT2D eigenvalue weighted by Gasteiger charge is 2.44. The van der Waals surface area contributed by atoms with Crippen molar-refractivity contribution >= 4 is 52.2 Å². The molecule has 0 spiro atoms. The number of esters is 1. The summed E-state index contributed by atoms with van der Waals surface area (Å²) in [6.07, 6.45) is 3.55. The van der Waals surface area contributed by atoms with Crippen LogP contribution in [-0.2, 0) is 36.8 Å². The van der Waals surface area contributed by atoms with Crippen molar-refractivity contribution in [3.8, 4) is 11.3 Å². The third-order valence-electron chi connectivity index (χ3n) is 14.4. The van der Waals surface area contributed by atoms with Crippen molar-refractivity contribution in [2.75, 3.05) is 67.6 Å². The van der Waals surface area contributed by atoms with Gasteiger partial charge in [0.25, 0.3) is 5.91 Å². The largest absolute Gasteiger partial charge is 0.464 e. The van der Waals surface area contributed by atoms with Gasteiger partial charge in [-0.05, 0) is 98.7 Å². The summed E-state index contributed by atoms with van der Waals surface area (Å²) in [4.78, 5) is 70.1. The predicted molar refractivity (Wildman–Crippen MR) is 254 cm³/mol. The lowest BCUT2D eigenvalue weighted by atomic mass is 9.84. The number of hydrazine groups is 1. The maximum absolute atomic E-state index is 14.8. The fourth-order valence-electron chi connectivity index (χ4n) is 10.9. The van der Waals surface area contributed by atoms with Gasteiger partial charge >= 0.3 is 12.0 Å². The van der Waals surface area contributed by atoms with Crippen molar-refractivity contribution in [2.24, 2.45) is 23.2 Å². The fourth-order valence-corrected chi connectivity index (χ4v) is 12.1. The third-order valence-corrected chi connectivity index (χ3v) is 15.6. The Morgan fingerprint density at radius 1 is 1.09 bits per heavy atom. The highest BCUT2D eigenvalue weighted by atomic mass is 32.2. The number of hydrogen-bond acceptors (Lipinski definition) is 11. The molecule has 7 atom stereocenters. The van der Waals surface area contributed by atoms with Crippen LogP contribution >= 0.6 is 11.8 Å². The molecule has 6 bridgehead atoms. The van der Waals surface area contributed by atoms with Crippen LogP contribution in [0.3, 0.4) is 0 Å². The normalized spacial score (nSPS) is 25.9. The lowest BCUT2D eigenvalue weighted by Gasteiger charge is -2.38. The number of nitrogens with zero attached hydrogens (tertiary/aromatic N) is 7. The number of amides is 4. The van der Waals surface area contributed by atoms with Gasteiger partial charge in [0.2, 0.25) is 5.91 Å². The highest BCUT2D eigenvalue weighted by Crippen LogP contribution is 2.44. The van der Waals surface area contributed by atoms with Crippen LogP contribution in [0.4, 0.5) is 4.79 Å². The van der Waals surface area contributed by atoms with E-state index in [1.54, 1.807) is 30.8 Å². The van der Waals surface area contributed by atoms with Crippen LogP contribution in [0, 0.1) is 23.2 Å². The summed E-state index contributed by atoms with van der Waals surface area (Å²) >= 11 is 1.62. The minimum atomic E-state index is -0.958. The topological polar surface area (TPSA) is 145 Å². The predicted octanol–water partition coefficient (Wildman–Crippen LogP) is 5.80. The number of fused-ring (bicyclic) bond motifs is 7. The molecule has 3 saturated heterocycles. The Balaban J connectivity index is 1.14. The zero-order valence-electron chi connectivity index (χ0n) is 39.9. The van der Waals surface area contributed by atoms with Crippen LogP contribution < -0.4 is 10.7 Å². The van der Waals surface area contributed by atoms with Crippen molar-refractivity contribution in [3.05, 3.63) is 58.8 Å². The molecular weight excluding hydrogens is 843 g/mol. The van der Waals surface area contributed by atoms with Gasteiger partial charge < -0.3 is 39.0 Å². The summed E-state index contributed by atoms with van der Waals surface area (Å²) in [5.41, 5.74) is 9.95. The molecule has 5 aliphatic rings. The molecule has 0 saturated carbocycles. The molecule has 7 heterocycles. The smallest absolute Gasteiger partial charge is 0.324 e. The number of rotatable bonds is 8. The Bertz CT molecular complexity index is 2320.